The number of hydrogen-bond donors (Lipinski definition) is 1. The van der Waals surface area contributed by atoms with Gasteiger partial charge in [-0.05, 0) is 36.8 Å². The zero-order valence-electron chi connectivity index (χ0n) is 17.7. The van der Waals surface area contributed by atoms with Gasteiger partial charge in [0.1, 0.15) is 17.7 Å². The smallest absolute Gasteiger partial charge is 0.133 e. The number of pyridine rings is 3. The van der Waals surface area contributed by atoms with E-state index in [4.69, 9.17) is 4.74 Å². The van der Waals surface area contributed by atoms with E-state index < -0.39 is 0 Å². The van der Waals surface area contributed by atoms with E-state index in [9.17, 15) is 0 Å². The number of rotatable bonds is 6. The molecule has 1 fully saturated rings. The van der Waals surface area contributed by atoms with Gasteiger partial charge >= 0.3 is 0 Å². The highest BCUT2D eigenvalue weighted by atomic mass is 16.5. The molecule has 0 spiro atoms. The molecule has 0 unspecified atom stereocenters. The van der Waals surface area contributed by atoms with Crippen molar-refractivity contribution in [1.82, 2.24) is 19.9 Å². The second-order valence-corrected chi connectivity index (χ2v) is 7.74. The minimum absolute atomic E-state index is 0.0381. The molecule has 30 heavy (non-hydrogen) atoms. The average Bonchev–Trinajstić information content (AvgIpc) is 2.76. The standard InChI is InChI=1S/C23H28N6O/c1-17-6-4-10-24-22(17)27-19-8-9-20(26-14-19)21-16-29(12-13-30-21)15-18-7-5-11-25-23(18)28(2)3/h4-11,14,21H,12-13,15-16H2,1-3H3,(H,24,27)/t21-/m0/s1. The lowest BCUT2D eigenvalue weighted by Crippen LogP contribution is -2.38. The third-order valence-corrected chi connectivity index (χ3v) is 5.22. The van der Waals surface area contributed by atoms with Crippen LogP contribution in [0.15, 0.2) is 55.0 Å². The summed E-state index contributed by atoms with van der Waals surface area (Å²) in [5.41, 5.74) is 4.18. The molecule has 0 radical (unpaired) electrons. The van der Waals surface area contributed by atoms with E-state index in [2.05, 4.69) is 36.1 Å². The molecule has 0 bridgehead atoms. The van der Waals surface area contributed by atoms with Gasteiger partial charge in [0.15, 0.2) is 0 Å². The van der Waals surface area contributed by atoms with Crippen LogP contribution in [0.25, 0.3) is 0 Å². The van der Waals surface area contributed by atoms with E-state index >= 15 is 0 Å². The number of hydrogen-bond acceptors (Lipinski definition) is 7. The van der Waals surface area contributed by atoms with Crippen LogP contribution in [0.5, 0.6) is 0 Å². The van der Waals surface area contributed by atoms with Crippen molar-refractivity contribution in [3.8, 4) is 0 Å². The molecule has 4 heterocycles. The molecule has 1 N–H and O–H groups in total. The molecule has 1 saturated heterocycles. The van der Waals surface area contributed by atoms with E-state index in [1.54, 1.807) is 6.20 Å². The second-order valence-electron chi connectivity index (χ2n) is 7.74. The fraction of sp³-hybridized carbons (Fsp3) is 0.348. The molecule has 0 aromatic carbocycles. The summed E-state index contributed by atoms with van der Waals surface area (Å²) in [7, 11) is 4.06. The van der Waals surface area contributed by atoms with Crippen molar-refractivity contribution in [2.24, 2.45) is 0 Å². The van der Waals surface area contributed by atoms with Crippen LogP contribution in [0.2, 0.25) is 0 Å². The molecule has 0 saturated carbocycles. The fourth-order valence-corrected chi connectivity index (χ4v) is 3.65. The van der Waals surface area contributed by atoms with Gasteiger partial charge in [0.2, 0.25) is 0 Å². The summed E-state index contributed by atoms with van der Waals surface area (Å²) in [5, 5.41) is 3.32. The number of ether oxygens (including phenoxy) is 1. The van der Waals surface area contributed by atoms with E-state index in [1.165, 1.54) is 5.56 Å². The lowest BCUT2D eigenvalue weighted by molar-refractivity contribution is -0.0349. The van der Waals surface area contributed by atoms with Gasteiger partial charge in [-0.3, -0.25) is 9.88 Å². The second kappa shape index (κ2) is 9.19. The van der Waals surface area contributed by atoms with Crippen LogP contribution in [0.1, 0.15) is 22.9 Å². The van der Waals surface area contributed by atoms with Crippen molar-refractivity contribution < 1.29 is 4.74 Å². The zero-order valence-corrected chi connectivity index (χ0v) is 17.7. The van der Waals surface area contributed by atoms with Crippen LogP contribution in [0.3, 0.4) is 0 Å². The fourth-order valence-electron chi connectivity index (χ4n) is 3.65. The Labute approximate surface area is 177 Å². The van der Waals surface area contributed by atoms with Gasteiger partial charge in [0, 0.05) is 51.7 Å². The summed E-state index contributed by atoms with van der Waals surface area (Å²) in [4.78, 5) is 18.0. The van der Waals surface area contributed by atoms with Crippen LogP contribution in [0.4, 0.5) is 17.3 Å². The molecule has 4 rings (SSSR count). The van der Waals surface area contributed by atoms with E-state index in [-0.39, 0.29) is 6.10 Å². The Morgan fingerprint density at radius 2 is 1.93 bits per heavy atom. The number of morpholine rings is 1. The SMILES string of the molecule is Cc1cccnc1Nc1ccc([C@@H]2CN(Cc3cccnc3N(C)C)CCO2)nc1. The molecule has 7 nitrogen and oxygen atoms in total. The summed E-state index contributed by atoms with van der Waals surface area (Å²) in [6.45, 7) is 5.28. The third kappa shape index (κ3) is 4.75. The molecule has 3 aromatic rings. The quantitative estimate of drug-likeness (QED) is 0.674. The molecule has 156 valence electrons. The zero-order chi connectivity index (χ0) is 20.9. The molecular formula is C23H28N6O. The number of aromatic nitrogens is 3. The maximum Gasteiger partial charge on any atom is 0.133 e. The van der Waals surface area contributed by atoms with Crippen LogP contribution >= 0.6 is 0 Å². The number of aryl methyl sites for hydroxylation is 1. The van der Waals surface area contributed by atoms with Crippen molar-refractivity contribution in [1.29, 1.82) is 0 Å². The maximum absolute atomic E-state index is 6.02. The molecule has 1 atom stereocenters. The third-order valence-electron chi connectivity index (χ3n) is 5.22. The van der Waals surface area contributed by atoms with Crippen LogP contribution in [0, 0.1) is 6.92 Å². The summed E-state index contributed by atoms with van der Waals surface area (Å²) >= 11 is 0. The van der Waals surface area contributed by atoms with Crippen molar-refractivity contribution in [2.75, 3.05) is 44.0 Å². The molecule has 1 aliphatic heterocycles. The lowest BCUT2D eigenvalue weighted by atomic mass is 10.1. The van der Waals surface area contributed by atoms with Crippen LogP contribution in [-0.2, 0) is 11.3 Å². The maximum atomic E-state index is 6.02. The summed E-state index contributed by atoms with van der Waals surface area (Å²) < 4.78 is 6.02. The van der Waals surface area contributed by atoms with Gasteiger partial charge in [0.25, 0.3) is 0 Å². The van der Waals surface area contributed by atoms with Crippen molar-refractivity contribution in [2.45, 2.75) is 19.6 Å². The first-order chi connectivity index (χ1) is 14.6. The Morgan fingerprint density at radius 1 is 1.10 bits per heavy atom. The predicted molar refractivity (Wildman–Crippen MR) is 119 cm³/mol. The molecule has 0 amide bonds. The van der Waals surface area contributed by atoms with E-state index in [0.717, 1.165) is 48.2 Å². The van der Waals surface area contributed by atoms with Gasteiger partial charge in [-0.1, -0.05) is 12.1 Å². The minimum Gasteiger partial charge on any atom is -0.369 e. The van der Waals surface area contributed by atoms with E-state index in [1.807, 2.05) is 63.7 Å². The first kappa shape index (κ1) is 20.3. The van der Waals surface area contributed by atoms with Crippen molar-refractivity contribution >= 4 is 17.3 Å². The van der Waals surface area contributed by atoms with Crippen molar-refractivity contribution in [3.05, 3.63) is 71.8 Å². The predicted octanol–water partition coefficient (Wildman–Crippen LogP) is 3.56. The Morgan fingerprint density at radius 3 is 2.70 bits per heavy atom. The Balaban J connectivity index is 1.42. The molecule has 7 heteroatoms. The average molecular weight is 405 g/mol. The summed E-state index contributed by atoms with van der Waals surface area (Å²) in [6, 6.07) is 12.2. The number of anilines is 3. The van der Waals surface area contributed by atoms with Gasteiger partial charge in [0.05, 0.1) is 24.2 Å². The normalized spacial score (nSPS) is 17.0. The highest BCUT2D eigenvalue weighted by Gasteiger charge is 2.24. The minimum atomic E-state index is -0.0381. The molecule has 3 aromatic heterocycles. The molecule has 1 aliphatic rings. The summed E-state index contributed by atoms with van der Waals surface area (Å²) in [5.74, 6) is 1.86. The van der Waals surface area contributed by atoms with Crippen LogP contribution in [-0.4, -0.2) is 53.6 Å². The molecular weight excluding hydrogens is 376 g/mol. The monoisotopic (exact) mass is 404 g/mol. The topological polar surface area (TPSA) is 66.4 Å². The highest BCUT2D eigenvalue weighted by molar-refractivity contribution is 5.57. The first-order valence-corrected chi connectivity index (χ1v) is 10.2. The number of nitrogens with zero attached hydrogens (tertiary/aromatic N) is 5. The number of nitrogens with one attached hydrogen (secondary N) is 1. The van der Waals surface area contributed by atoms with Gasteiger partial charge < -0.3 is 15.0 Å². The highest BCUT2D eigenvalue weighted by Crippen LogP contribution is 2.25. The van der Waals surface area contributed by atoms with E-state index in [0.29, 0.717) is 6.61 Å². The Hall–Kier alpha value is -3.03. The summed E-state index contributed by atoms with van der Waals surface area (Å²) in [6.07, 6.45) is 5.43. The largest absolute Gasteiger partial charge is 0.369 e. The van der Waals surface area contributed by atoms with Gasteiger partial charge in [-0.25, -0.2) is 9.97 Å². The molecule has 0 aliphatic carbocycles. The Bertz CT molecular complexity index is 975. The Kier molecular flexibility index (Phi) is 6.21. The van der Waals surface area contributed by atoms with Gasteiger partial charge in [-0.15, -0.1) is 0 Å². The van der Waals surface area contributed by atoms with Crippen LogP contribution < -0.4 is 10.2 Å². The van der Waals surface area contributed by atoms with Crippen molar-refractivity contribution in [3.63, 3.8) is 0 Å². The lowest BCUT2D eigenvalue weighted by Gasteiger charge is -2.33. The first-order valence-electron chi connectivity index (χ1n) is 10.2. The van der Waals surface area contributed by atoms with Gasteiger partial charge in [-0.2, -0.15) is 0 Å².